The Balaban J connectivity index is 3.07. The highest BCUT2D eigenvalue weighted by Crippen LogP contribution is 2.25. The van der Waals surface area contributed by atoms with Crippen molar-refractivity contribution in [1.82, 2.24) is 0 Å². The molecule has 0 spiro atoms. The first-order valence-corrected chi connectivity index (χ1v) is 3.12. The number of nitro groups is 1. The molecule has 0 heterocycles. The zero-order chi connectivity index (χ0) is 8.97. The molecule has 1 rings (SSSR count). The number of rotatable bonds is 3. The zero-order valence-electron chi connectivity index (χ0n) is 6.14. The second-order valence-corrected chi connectivity index (χ2v) is 1.95. The van der Waals surface area contributed by atoms with E-state index in [2.05, 4.69) is 16.7 Å². The highest BCUT2D eigenvalue weighted by Gasteiger charge is 2.12. The van der Waals surface area contributed by atoms with Gasteiger partial charge in [0.2, 0.25) is 5.75 Å². The van der Waals surface area contributed by atoms with E-state index in [1.165, 1.54) is 12.1 Å². The minimum Gasteiger partial charge on any atom is -0.350 e. The fourth-order valence-corrected chi connectivity index (χ4v) is 0.755. The first kappa shape index (κ1) is 8.19. The molecular weight excluding hydrogens is 160 g/mol. The van der Waals surface area contributed by atoms with Crippen LogP contribution in [0.25, 0.3) is 0 Å². The van der Waals surface area contributed by atoms with Gasteiger partial charge in [-0.15, -0.1) is 0 Å². The predicted octanol–water partition coefficient (Wildman–Crippen LogP) is 1.59. The van der Waals surface area contributed by atoms with Crippen LogP contribution in [0, 0.1) is 10.1 Å². The molecule has 5 nitrogen and oxygen atoms in total. The average molecular weight is 166 g/mol. The summed E-state index contributed by atoms with van der Waals surface area (Å²) in [5.74, 6) is 0.0949. The van der Waals surface area contributed by atoms with Crippen LogP contribution in [-0.4, -0.2) is 11.6 Å². The third-order valence-corrected chi connectivity index (χ3v) is 1.22. The van der Waals surface area contributed by atoms with Crippen LogP contribution in [0.2, 0.25) is 0 Å². The van der Waals surface area contributed by atoms with E-state index in [1.807, 2.05) is 0 Å². The topological polar surface area (TPSA) is 64.7 Å². The minimum atomic E-state index is -0.541. The molecule has 0 aliphatic carbocycles. The van der Waals surface area contributed by atoms with Crippen molar-refractivity contribution in [3.63, 3.8) is 0 Å². The molecule has 0 aromatic heterocycles. The van der Waals surface area contributed by atoms with Gasteiger partial charge in [-0.25, -0.2) is 0 Å². The summed E-state index contributed by atoms with van der Waals surface area (Å²) in [6.45, 7) is 3.06. The smallest absolute Gasteiger partial charge is 0.314 e. The fraction of sp³-hybridized carbons (Fsp3) is 0. The Labute approximate surface area is 68.4 Å². The number of hydrogen-bond donors (Lipinski definition) is 0. The van der Waals surface area contributed by atoms with Gasteiger partial charge in [0.05, 0.1) is 4.92 Å². The molecular formula is C7H6N2O3. The van der Waals surface area contributed by atoms with Gasteiger partial charge < -0.3 is 4.84 Å². The fourth-order valence-electron chi connectivity index (χ4n) is 0.755. The van der Waals surface area contributed by atoms with E-state index in [-0.39, 0.29) is 11.4 Å². The van der Waals surface area contributed by atoms with Crippen molar-refractivity contribution in [1.29, 1.82) is 0 Å². The lowest BCUT2D eigenvalue weighted by atomic mass is 10.3. The summed E-state index contributed by atoms with van der Waals surface area (Å²) in [6, 6.07) is 5.95. The molecule has 0 radical (unpaired) electrons. The number of nitro benzene ring substituents is 1. The third-order valence-electron chi connectivity index (χ3n) is 1.22. The zero-order valence-corrected chi connectivity index (χ0v) is 6.14. The molecule has 0 saturated heterocycles. The lowest BCUT2D eigenvalue weighted by Crippen LogP contribution is -1.91. The number of hydrogen-bond acceptors (Lipinski definition) is 4. The first-order valence-electron chi connectivity index (χ1n) is 3.12. The molecule has 0 aliphatic heterocycles. The SMILES string of the molecule is C=NOc1ccccc1[N+](=O)[O-]. The van der Waals surface area contributed by atoms with Crippen molar-refractivity contribution in [2.75, 3.05) is 0 Å². The largest absolute Gasteiger partial charge is 0.350 e. The van der Waals surface area contributed by atoms with Gasteiger partial charge >= 0.3 is 5.69 Å². The third kappa shape index (κ3) is 1.57. The Kier molecular flexibility index (Phi) is 2.37. The van der Waals surface area contributed by atoms with E-state index in [0.29, 0.717) is 0 Å². The lowest BCUT2D eigenvalue weighted by molar-refractivity contribution is -0.385. The van der Waals surface area contributed by atoms with Gasteiger partial charge in [-0.2, -0.15) is 0 Å². The number of nitrogens with zero attached hydrogens (tertiary/aromatic N) is 2. The van der Waals surface area contributed by atoms with Crippen LogP contribution in [-0.2, 0) is 0 Å². The van der Waals surface area contributed by atoms with Crippen molar-refractivity contribution in [3.05, 3.63) is 34.4 Å². The Bertz CT molecular complexity index is 311. The summed E-state index contributed by atoms with van der Waals surface area (Å²) in [4.78, 5) is 14.4. The van der Waals surface area contributed by atoms with E-state index in [1.54, 1.807) is 12.1 Å². The van der Waals surface area contributed by atoms with Gasteiger partial charge in [-0.05, 0) is 6.07 Å². The van der Waals surface area contributed by atoms with Crippen LogP contribution >= 0.6 is 0 Å². The number of oxime groups is 1. The van der Waals surface area contributed by atoms with Gasteiger partial charge in [-0.1, -0.05) is 17.3 Å². The van der Waals surface area contributed by atoms with Crippen molar-refractivity contribution in [2.24, 2.45) is 5.16 Å². The van der Waals surface area contributed by atoms with Crippen LogP contribution < -0.4 is 4.84 Å². The van der Waals surface area contributed by atoms with Crippen LogP contribution in [0.4, 0.5) is 5.69 Å². The van der Waals surface area contributed by atoms with E-state index in [0.717, 1.165) is 0 Å². The van der Waals surface area contributed by atoms with E-state index >= 15 is 0 Å². The molecule has 1 aromatic rings. The van der Waals surface area contributed by atoms with Crippen molar-refractivity contribution < 1.29 is 9.76 Å². The molecule has 0 saturated carbocycles. The minimum absolute atomic E-state index is 0.0949. The van der Waals surface area contributed by atoms with Gasteiger partial charge in [0.25, 0.3) is 0 Å². The quantitative estimate of drug-likeness (QED) is 0.389. The maximum atomic E-state index is 10.4. The second-order valence-electron chi connectivity index (χ2n) is 1.95. The van der Waals surface area contributed by atoms with Crippen LogP contribution in [0.5, 0.6) is 5.75 Å². The Morgan fingerprint density at radius 3 is 2.75 bits per heavy atom. The van der Waals surface area contributed by atoms with Crippen LogP contribution in [0.15, 0.2) is 29.4 Å². The van der Waals surface area contributed by atoms with Gasteiger partial charge in [-0.3, -0.25) is 10.1 Å². The van der Waals surface area contributed by atoms with Crippen LogP contribution in [0.1, 0.15) is 0 Å². The standard InChI is InChI=1S/C7H6N2O3/c1-8-12-7-5-3-2-4-6(7)9(10)11/h2-5H,1H2. The molecule has 0 atom stereocenters. The molecule has 0 fully saturated rings. The molecule has 62 valence electrons. The van der Waals surface area contributed by atoms with E-state index < -0.39 is 4.92 Å². The van der Waals surface area contributed by atoms with E-state index in [4.69, 9.17) is 0 Å². The van der Waals surface area contributed by atoms with Gasteiger partial charge in [0, 0.05) is 12.8 Å². The molecule has 5 heteroatoms. The Hall–Kier alpha value is -1.91. The lowest BCUT2D eigenvalue weighted by Gasteiger charge is -1.97. The molecule has 1 aromatic carbocycles. The van der Waals surface area contributed by atoms with Gasteiger partial charge in [0.1, 0.15) is 0 Å². The summed E-state index contributed by atoms with van der Waals surface area (Å²) in [7, 11) is 0. The molecule has 0 N–H and O–H groups in total. The average Bonchev–Trinajstić information content (AvgIpc) is 2.05. The number of para-hydroxylation sites is 2. The molecule has 0 aliphatic rings. The highest BCUT2D eigenvalue weighted by molar-refractivity contribution is 5.45. The Morgan fingerprint density at radius 2 is 2.17 bits per heavy atom. The first-order chi connectivity index (χ1) is 5.75. The maximum Gasteiger partial charge on any atom is 0.314 e. The summed E-state index contributed by atoms with van der Waals surface area (Å²) < 4.78 is 0. The number of benzene rings is 1. The second kappa shape index (κ2) is 3.47. The maximum absolute atomic E-state index is 10.4. The monoisotopic (exact) mass is 166 g/mol. The van der Waals surface area contributed by atoms with Crippen molar-refractivity contribution in [2.45, 2.75) is 0 Å². The van der Waals surface area contributed by atoms with Gasteiger partial charge in [0.15, 0.2) is 0 Å². The Morgan fingerprint density at radius 1 is 1.50 bits per heavy atom. The van der Waals surface area contributed by atoms with Crippen molar-refractivity contribution >= 4 is 12.4 Å². The molecule has 0 bridgehead atoms. The highest BCUT2D eigenvalue weighted by atomic mass is 16.6. The summed E-state index contributed by atoms with van der Waals surface area (Å²) in [5, 5.41) is 13.5. The normalized spacial score (nSPS) is 9.00. The molecule has 12 heavy (non-hydrogen) atoms. The summed E-state index contributed by atoms with van der Waals surface area (Å²) >= 11 is 0. The summed E-state index contributed by atoms with van der Waals surface area (Å²) in [6.07, 6.45) is 0. The van der Waals surface area contributed by atoms with E-state index in [9.17, 15) is 10.1 Å². The molecule has 0 unspecified atom stereocenters. The van der Waals surface area contributed by atoms with Crippen LogP contribution in [0.3, 0.4) is 0 Å². The summed E-state index contributed by atoms with van der Waals surface area (Å²) in [5.41, 5.74) is -0.120. The van der Waals surface area contributed by atoms with Crippen molar-refractivity contribution in [3.8, 4) is 5.75 Å². The predicted molar refractivity (Wildman–Crippen MR) is 43.3 cm³/mol. The molecule has 0 amide bonds.